The first-order valence-electron chi connectivity index (χ1n) is 10.5. The van der Waals surface area contributed by atoms with E-state index >= 15 is 0 Å². The summed E-state index contributed by atoms with van der Waals surface area (Å²) in [6.45, 7) is 0. The van der Waals surface area contributed by atoms with E-state index in [4.69, 9.17) is 23.2 Å². The number of hydrazine groups is 1. The van der Waals surface area contributed by atoms with E-state index in [9.17, 15) is 18.0 Å². The van der Waals surface area contributed by atoms with Crippen molar-refractivity contribution in [1.29, 1.82) is 0 Å². The molecule has 0 radical (unpaired) electrons. The van der Waals surface area contributed by atoms with Crippen LogP contribution in [0.4, 0.5) is 0 Å². The van der Waals surface area contributed by atoms with Crippen LogP contribution in [-0.4, -0.2) is 46.2 Å². The molecule has 37 heavy (non-hydrogen) atoms. The summed E-state index contributed by atoms with van der Waals surface area (Å²) in [7, 11) is -3.43. The van der Waals surface area contributed by atoms with E-state index in [1.807, 2.05) is 0 Å². The van der Waals surface area contributed by atoms with Gasteiger partial charge in [0.05, 0.1) is 15.6 Å². The van der Waals surface area contributed by atoms with Gasteiger partial charge in [-0.15, -0.1) is 10.2 Å². The number of aromatic nitrogens is 4. The quantitative estimate of drug-likeness (QED) is 0.274. The second-order valence-electron chi connectivity index (χ2n) is 7.60. The van der Waals surface area contributed by atoms with Gasteiger partial charge in [-0.25, -0.2) is 8.42 Å². The lowest BCUT2D eigenvalue weighted by atomic mass is 10.2. The molecule has 0 saturated carbocycles. The molecule has 10 nitrogen and oxygen atoms in total. The van der Waals surface area contributed by atoms with Gasteiger partial charge in [0.25, 0.3) is 11.8 Å². The van der Waals surface area contributed by atoms with Crippen molar-refractivity contribution in [1.82, 2.24) is 30.6 Å². The molecule has 4 aromatic rings. The van der Waals surface area contributed by atoms with Crippen LogP contribution in [-0.2, 0) is 14.6 Å². The van der Waals surface area contributed by atoms with Crippen molar-refractivity contribution in [2.45, 2.75) is 4.90 Å². The highest BCUT2D eigenvalue weighted by Gasteiger charge is 2.18. The molecule has 2 amide bonds. The molecule has 0 spiro atoms. The van der Waals surface area contributed by atoms with Crippen LogP contribution in [0, 0.1) is 0 Å². The van der Waals surface area contributed by atoms with E-state index < -0.39 is 21.7 Å². The van der Waals surface area contributed by atoms with Gasteiger partial charge in [-0.2, -0.15) is 0 Å². The van der Waals surface area contributed by atoms with Crippen LogP contribution in [0.3, 0.4) is 0 Å². The molecule has 13 heteroatoms. The fraction of sp³-hybridized carbons (Fsp3) is 0.0417. The summed E-state index contributed by atoms with van der Waals surface area (Å²) < 4.78 is 25.1. The van der Waals surface area contributed by atoms with E-state index in [1.165, 1.54) is 36.5 Å². The van der Waals surface area contributed by atoms with Gasteiger partial charge in [-0.3, -0.25) is 30.0 Å². The highest BCUT2D eigenvalue weighted by molar-refractivity contribution is 7.90. The summed E-state index contributed by atoms with van der Waals surface area (Å²) in [5.41, 5.74) is 5.74. The Labute approximate surface area is 221 Å². The third kappa shape index (κ3) is 6.20. The van der Waals surface area contributed by atoms with Gasteiger partial charge in [0.1, 0.15) is 5.69 Å². The first-order chi connectivity index (χ1) is 17.6. The fourth-order valence-corrected chi connectivity index (χ4v) is 4.06. The average molecular weight is 557 g/mol. The molecule has 0 aliphatic heterocycles. The molecule has 0 bridgehead atoms. The van der Waals surface area contributed by atoms with Crippen LogP contribution in [0.5, 0.6) is 0 Å². The van der Waals surface area contributed by atoms with Crippen LogP contribution >= 0.6 is 23.2 Å². The highest BCUT2D eigenvalue weighted by Crippen LogP contribution is 2.27. The zero-order valence-electron chi connectivity index (χ0n) is 19.1. The van der Waals surface area contributed by atoms with Gasteiger partial charge in [0, 0.05) is 29.1 Å². The van der Waals surface area contributed by atoms with Crippen LogP contribution in [0.25, 0.3) is 23.3 Å². The number of nitrogens with zero attached hydrogens (tertiary/aromatic N) is 4. The van der Waals surface area contributed by atoms with Gasteiger partial charge in [0.2, 0.25) is 0 Å². The van der Waals surface area contributed by atoms with Crippen molar-refractivity contribution in [2.24, 2.45) is 0 Å². The average Bonchev–Trinajstić information content (AvgIpc) is 3.30. The summed E-state index contributed by atoms with van der Waals surface area (Å²) in [5, 5.41) is 9.17. The number of rotatable bonds is 6. The minimum Gasteiger partial charge on any atom is -0.273 e. The van der Waals surface area contributed by atoms with Crippen LogP contribution in [0.1, 0.15) is 16.2 Å². The maximum absolute atomic E-state index is 12.3. The Bertz CT molecular complexity index is 1600. The Morgan fingerprint density at radius 3 is 2.32 bits per heavy atom. The van der Waals surface area contributed by atoms with Crippen LogP contribution in [0.15, 0.2) is 77.8 Å². The molecule has 0 unspecified atom stereocenters. The summed E-state index contributed by atoms with van der Waals surface area (Å²) in [6, 6.07) is 16.0. The number of para-hydroxylation sites is 1. The Hall–Kier alpha value is -4.06. The molecule has 2 N–H and O–H groups in total. The minimum atomic E-state index is -3.43. The zero-order chi connectivity index (χ0) is 26.6. The van der Waals surface area contributed by atoms with Crippen molar-refractivity contribution in [2.75, 3.05) is 6.26 Å². The first kappa shape index (κ1) is 26.0. The standard InChI is InChI=1S/C24H18Cl2N6O4S/c1-37(35,36)17-10-11-19(27-14-17)23-30-28-21(32(23)20-5-3-2-4-18(20)26)12-13-22(33)29-31-24(34)15-6-8-16(25)9-7-15/h2-14H,1H3,(H,29,33)(H,31,34). The predicted molar refractivity (Wildman–Crippen MR) is 139 cm³/mol. The lowest BCUT2D eigenvalue weighted by Crippen LogP contribution is -2.40. The zero-order valence-corrected chi connectivity index (χ0v) is 21.4. The van der Waals surface area contributed by atoms with E-state index in [2.05, 4.69) is 26.0 Å². The maximum atomic E-state index is 12.3. The Morgan fingerprint density at radius 2 is 1.68 bits per heavy atom. The summed E-state index contributed by atoms with van der Waals surface area (Å²) in [5.74, 6) is -0.655. The Morgan fingerprint density at radius 1 is 0.946 bits per heavy atom. The van der Waals surface area contributed by atoms with E-state index in [0.717, 1.165) is 12.3 Å². The van der Waals surface area contributed by atoms with Gasteiger partial charge in [-0.1, -0.05) is 35.3 Å². The first-order valence-corrected chi connectivity index (χ1v) is 13.2. The molecule has 4 rings (SSSR count). The number of halogens is 2. The number of sulfone groups is 1. The number of carbonyl (C=O) groups is 2. The molecule has 0 aliphatic rings. The van der Waals surface area contributed by atoms with E-state index in [1.54, 1.807) is 41.0 Å². The normalized spacial score (nSPS) is 11.4. The van der Waals surface area contributed by atoms with Gasteiger partial charge < -0.3 is 0 Å². The largest absolute Gasteiger partial charge is 0.273 e. The fourth-order valence-electron chi connectivity index (χ4n) is 3.16. The Balaban J connectivity index is 1.60. The molecule has 0 saturated heterocycles. The number of hydrogen-bond acceptors (Lipinski definition) is 7. The second kappa shape index (κ2) is 10.9. The molecule has 2 heterocycles. The number of benzene rings is 2. The molecule has 2 aromatic carbocycles. The monoisotopic (exact) mass is 556 g/mol. The molecular formula is C24H18Cl2N6O4S. The maximum Gasteiger partial charge on any atom is 0.269 e. The Kier molecular flexibility index (Phi) is 7.67. The van der Waals surface area contributed by atoms with Crippen LogP contribution < -0.4 is 10.9 Å². The lowest BCUT2D eigenvalue weighted by molar-refractivity contribution is -0.117. The molecule has 0 fully saturated rings. The SMILES string of the molecule is CS(=O)(=O)c1ccc(-c2nnc(C=CC(=O)NNC(=O)c3ccc(Cl)cc3)n2-c2ccccc2Cl)nc1. The number of hydrogen-bond donors (Lipinski definition) is 2. The number of pyridine rings is 1. The van der Waals surface area contributed by atoms with Gasteiger partial charge >= 0.3 is 0 Å². The number of amides is 2. The molecule has 188 valence electrons. The van der Waals surface area contributed by atoms with Gasteiger partial charge in [-0.05, 0) is 54.6 Å². The van der Waals surface area contributed by atoms with Crippen molar-refractivity contribution < 1.29 is 18.0 Å². The summed E-state index contributed by atoms with van der Waals surface area (Å²) in [4.78, 5) is 28.8. The van der Waals surface area contributed by atoms with E-state index in [0.29, 0.717) is 27.0 Å². The number of nitrogens with one attached hydrogen (secondary N) is 2. The summed E-state index contributed by atoms with van der Waals surface area (Å²) >= 11 is 12.2. The molecule has 0 aliphatic carbocycles. The second-order valence-corrected chi connectivity index (χ2v) is 10.5. The van der Waals surface area contributed by atoms with Crippen molar-refractivity contribution in [3.63, 3.8) is 0 Å². The smallest absolute Gasteiger partial charge is 0.269 e. The topological polar surface area (TPSA) is 136 Å². The van der Waals surface area contributed by atoms with Crippen molar-refractivity contribution in [3.05, 3.63) is 94.4 Å². The predicted octanol–water partition coefficient (Wildman–Crippen LogP) is 3.51. The van der Waals surface area contributed by atoms with E-state index in [-0.39, 0.29) is 16.5 Å². The molecule has 0 atom stereocenters. The third-order valence-electron chi connectivity index (χ3n) is 4.96. The minimum absolute atomic E-state index is 0.0532. The number of carbonyl (C=O) groups excluding carboxylic acids is 2. The van der Waals surface area contributed by atoms with Crippen molar-refractivity contribution in [3.8, 4) is 17.2 Å². The molecular weight excluding hydrogens is 539 g/mol. The van der Waals surface area contributed by atoms with Gasteiger partial charge in [0.15, 0.2) is 21.5 Å². The highest BCUT2D eigenvalue weighted by atomic mass is 35.5. The molecule has 2 aromatic heterocycles. The lowest BCUT2D eigenvalue weighted by Gasteiger charge is -2.10. The van der Waals surface area contributed by atoms with Crippen LogP contribution in [0.2, 0.25) is 10.0 Å². The van der Waals surface area contributed by atoms with Crippen molar-refractivity contribution >= 4 is 50.9 Å². The third-order valence-corrected chi connectivity index (χ3v) is 6.63. The summed E-state index contributed by atoms with van der Waals surface area (Å²) in [6.07, 6.45) is 4.85.